The van der Waals surface area contributed by atoms with Gasteiger partial charge in [-0.05, 0) is 74.1 Å². The van der Waals surface area contributed by atoms with Crippen molar-refractivity contribution in [3.05, 3.63) is 103 Å². The molecule has 0 radical (unpaired) electrons. The van der Waals surface area contributed by atoms with Crippen molar-refractivity contribution in [2.45, 2.75) is 0 Å². The summed E-state index contributed by atoms with van der Waals surface area (Å²) in [6.45, 7) is 0. The molecule has 39 heavy (non-hydrogen) atoms. The van der Waals surface area contributed by atoms with Crippen molar-refractivity contribution >= 4 is 32.3 Å². The van der Waals surface area contributed by atoms with Gasteiger partial charge in [-0.15, -0.1) is 15.8 Å². The molecule has 0 heterocycles. The molecule has 6 aromatic rings. The van der Waals surface area contributed by atoms with Crippen molar-refractivity contribution in [2.75, 3.05) is 0 Å². The first-order chi connectivity index (χ1) is 19.2. The molecule has 0 amide bonds. The summed E-state index contributed by atoms with van der Waals surface area (Å²) < 4.78 is 15.9. The average molecular weight is 504 g/mol. The summed E-state index contributed by atoms with van der Waals surface area (Å²) in [6.07, 6.45) is 5.34. The molecule has 0 saturated carbocycles. The van der Waals surface area contributed by atoms with E-state index < -0.39 is 0 Å². The van der Waals surface area contributed by atoms with Crippen molar-refractivity contribution in [3.63, 3.8) is 0 Å². The molecule has 0 atom stereocenters. The highest BCUT2D eigenvalue weighted by molar-refractivity contribution is 6.15. The fourth-order valence-electron chi connectivity index (χ4n) is 5.23. The summed E-state index contributed by atoms with van der Waals surface area (Å²) in [7, 11) is 0. The monoisotopic (exact) mass is 503 g/mol. The Morgan fingerprint density at radius 2 is 1.05 bits per heavy atom. The summed E-state index contributed by atoms with van der Waals surface area (Å²) in [5.41, 5.74) is 3.53. The molecule has 0 spiro atoms. The summed E-state index contributed by atoms with van der Waals surface area (Å²) in [5, 5.41) is 33.0. The number of rotatable bonds is 5. The third-order valence-electron chi connectivity index (χ3n) is 6.78. The van der Waals surface area contributed by atoms with E-state index in [4.69, 9.17) is 19.5 Å². The van der Waals surface area contributed by atoms with Gasteiger partial charge in [0.15, 0.2) is 5.75 Å². The van der Waals surface area contributed by atoms with Crippen molar-refractivity contribution in [1.29, 1.82) is 15.8 Å². The number of fused-ring (bicyclic) bond motifs is 3. The van der Waals surface area contributed by atoms with E-state index in [-0.39, 0.29) is 0 Å². The second kappa shape index (κ2) is 9.79. The number of nitrogens with zero attached hydrogens (tertiary/aromatic N) is 3. The summed E-state index contributed by atoms with van der Waals surface area (Å²) in [5.74, 6) is 1.32. The second-order valence-electron chi connectivity index (χ2n) is 8.77. The van der Waals surface area contributed by atoms with Gasteiger partial charge in [-0.3, -0.25) is 0 Å². The van der Waals surface area contributed by atoms with Gasteiger partial charge in [0.25, 0.3) is 18.8 Å². The van der Waals surface area contributed by atoms with Gasteiger partial charge in [-0.2, -0.15) is 0 Å². The Bertz CT molecular complexity index is 2050. The smallest absolute Gasteiger partial charge is 0.292 e. The molecular weight excluding hydrogens is 486 g/mol. The third kappa shape index (κ3) is 3.98. The average Bonchev–Trinajstić information content (AvgIpc) is 2.97. The molecule has 0 aliphatic rings. The van der Waals surface area contributed by atoms with Gasteiger partial charge in [-0.1, -0.05) is 72.8 Å². The van der Waals surface area contributed by atoms with Crippen LogP contribution >= 0.6 is 0 Å². The van der Waals surface area contributed by atoms with Crippen LogP contribution in [0.5, 0.6) is 17.2 Å². The second-order valence-corrected chi connectivity index (χ2v) is 8.77. The number of hydrogen-bond donors (Lipinski definition) is 0. The highest BCUT2D eigenvalue weighted by Crippen LogP contribution is 2.45. The molecule has 6 aromatic carbocycles. The van der Waals surface area contributed by atoms with E-state index in [9.17, 15) is 10.5 Å². The van der Waals surface area contributed by atoms with Gasteiger partial charge in [-0.25, -0.2) is 0 Å². The van der Waals surface area contributed by atoms with Crippen molar-refractivity contribution in [1.82, 2.24) is 0 Å². The van der Waals surface area contributed by atoms with Crippen LogP contribution in [0.25, 0.3) is 54.6 Å². The van der Waals surface area contributed by atoms with Crippen LogP contribution in [0.1, 0.15) is 0 Å². The maximum Gasteiger partial charge on any atom is 0.292 e. The van der Waals surface area contributed by atoms with Crippen LogP contribution in [0.3, 0.4) is 0 Å². The van der Waals surface area contributed by atoms with Crippen LogP contribution in [0.4, 0.5) is 0 Å². The highest BCUT2D eigenvalue weighted by atomic mass is 16.5. The van der Waals surface area contributed by atoms with E-state index >= 15 is 0 Å². The van der Waals surface area contributed by atoms with Gasteiger partial charge in [0.05, 0.1) is 0 Å². The highest BCUT2D eigenvalue weighted by Gasteiger charge is 2.18. The largest absolute Gasteiger partial charge is 0.388 e. The predicted octanol–water partition coefficient (Wildman–Crippen LogP) is 8.06. The normalized spacial score (nSPS) is 10.5. The van der Waals surface area contributed by atoms with Crippen LogP contribution in [-0.2, 0) is 0 Å². The predicted molar refractivity (Wildman–Crippen MR) is 149 cm³/mol. The minimum atomic E-state index is 0.419. The fraction of sp³-hybridized carbons (Fsp3) is 0. The minimum Gasteiger partial charge on any atom is -0.388 e. The minimum absolute atomic E-state index is 0.419. The Labute approximate surface area is 223 Å². The van der Waals surface area contributed by atoms with E-state index in [1.165, 1.54) is 0 Å². The Morgan fingerprint density at radius 3 is 1.85 bits per heavy atom. The lowest BCUT2D eigenvalue weighted by molar-refractivity contribution is 0.508. The number of benzene rings is 6. The maximum absolute atomic E-state index is 9.46. The molecule has 0 fully saturated rings. The van der Waals surface area contributed by atoms with Gasteiger partial charge < -0.3 is 14.2 Å². The lowest BCUT2D eigenvalue weighted by Gasteiger charge is -2.17. The third-order valence-corrected chi connectivity index (χ3v) is 6.78. The Balaban J connectivity index is 1.70. The van der Waals surface area contributed by atoms with E-state index in [1.54, 1.807) is 24.6 Å². The van der Waals surface area contributed by atoms with Gasteiger partial charge in [0.1, 0.15) is 11.5 Å². The summed E-state index contributed by atoms with van der Waals surface area (Å²) in [6, 6.07) is 32.6. The molecule has 6 heteroatoms. The van der Waals surface area contributed by atoms with Crippen LogP contribution < -0.4 is 14.2 Å². The van der Waals surface area contributed by atoms with Crippen LogP contribution in [0, 0.1) is 34.6 Å². The van der Waals surface area contributed by atoms with Gasteiger partial charge in [0.2, 0.25) is 0 Å². The number of hydrogen-bond acceptors (Lipinski definition) is 6. The quantitative estimate of drug-likeness (QED) is 0.221. The Hall–Kier alpha value is -6.03. The Kier molecular flexibility index (Phi) is 5.87. The molecule has 0 N–H and O–H groups in total. The number of ether oxygens (including phenoxy) is 3. The lowest BCUT2D eigenvalue weighted by Crippen LogP contribution is -1.93. The maximum atomic E-state index is 9.46. The van der Waals surface area contributed by atoms with E-state index in [0.29, 0.717) is 17.2 Å². The molecule has 6 rings (SSSR count). The van der Waals surface area contributed by atoms with Crippen molar-refractivity contribution in [2.24, 2.45) is 0 Å². The SMILES string of the molecule is N#COc1cc(-c2ccc(-c3ccc(OC#N)c4ccccc34)c3c(OC#N)cccc23)c2ccccc2c1. The molecule has 0 saturated heterocycles. The van der Waals surface area contributed by atoms with Crippen LogP contribution in [0.2, 0.25) is 0 Å². The van der Waals surface area contributed by atoms with Crippen LogP contribution in [0.15, 0.2) is 103 Å². The van der Waals surface area contributed by atoms with Crippen LogP contribution in [-0.4, -0.2) is 0 Å². The molecule has 0 bridgehead atoms. The first-order valence-electron chi connectivity index (χ1n) is 12.0. The number of nitriles is 3. The molecule has 0 aliphatic carbocycles. The van der Waals surface area contributed by atoms with E-state index in [1.807, 2.05) is 97.3 Å². The Morgan fingerprint density at radius 1 is 0.436 bits per heavy atom. The summed E-state index contributed by atoms with van der Waals surface area (Å²) in [4.78, 5) is 0. The first-order valence-corrected chi connectivity index (χ1v) is 12.0. The zero-order valence-electron chi connectivity index (χ0n) is 20.4. The van der Waals surface area contributed by atoms with Gasteiger partial charge >= 0.3 is 0 Å². The lowest BCUT2D eigenvalue weighted by atomic mass is 9.88. The molecule has 0 aromatic heterocycles. The molecular formula is C33H17N3O3. The fourth-order valence-corrected chi connectivity index (χ4v) is 5.23. The van der Waals surface area contributed by atoms with Crippen molar-refractivity contribution < 1.29 is 14.2 Å². The topological polar surface area (TPSA) is 99.1 Å². The molecule has 182 valence electrons. The summed E-state index contributed by atoms with van der Waals surface area (Å²) >= 11 is 0. The molecule has 0 unspecified atom stereocenters. The first kappa shape index (κ1) is 23.4. The standard InChI is InChI=1S/C33H17N3O3/c34-18-37-22-16-21-6-1-2-7-23(21)30(17-22)26-12-13-29(33-28(26)10-5-11-32(33)39-20-36)25-14-15-31(38-19-35)27-9-4-3-8-24(25)27/h1-17H. The molecule has 0 aliphatic heterocycles. The van der Waals surface area contributed by atoms with Crippen molar-refractivity contribution in [3.8, 4) is 58.3 Å². The van der Waals surface area contributed by atoms with Gasteiger partial charge in [0, 0.05) is 10.8 Å². The van der Waals surface area contributed by atoms with E-state index in [0.717, 1.165) is 54.6 Å². The van der Waals surface area contributed by atoms with E-state index in [2.05, 4.69) is 0 Å². The molecule has 6 nitrogen and oxygen atoms in total. The zero-order valence-corrected chi connectivity index (χ0v) is 20.4. The zero-order chi connectivity index (χ0) is 26.8.